The molecule has 1 N–H and O–H groups in total. The Morgan fingerprint density at radius 1 is 1.10 bits per heavy atom. The number of aromatic nitrogens is 1. The van der Waals surface area contributed by atoms with Gasteiger partial charge in [-0.25, -0.2) is 0 Å². The molecule has 0 atom stereocenters. The van der Waals surface area contributed by atoms with E-state index in [2.05, 4.69) is 19.0 Å². The molecule has 1 aromatic heterocycles. The van der Waals surface area contributed by atoms with Gasteiger partial charge < -0.3 is 9.63 Å². The van der Waals surface area contributed by atoms with Crippen LogP contribution in [0.15, 0.2) is 4.52 Å². The number of nitrogens with zero attached hydrogens (tertiary/aromatic N) is 1. The van der Waals surface area contributed by atoms with Gasteiger partial charge in [-0.1, -0.05) is 32.9 Å². The first-order chi connectivity index (χ1) is 9.61. The Bertz CT molecular complexity index is 422. The van der Waals surface area contributed by atoms with Crippen LogP contribution in [0.2, 0.25) is 0 Å². The lowest BCUT2D eigenvalue weighted by molar-refractivity contribution is 0.217. The summed E-state index contributed by atoms with van der Waals surface area (Å²) < 4.78 is 5.51. The number of aliphatic hydroxyl groups is 1. The molecular weight excluding hydrogens is 250 g/mol. The molecule has 20 heavy (non-hydrogen) atoms. The number of rotatable bonds is 3. The van der Waals surface area contributed by atoms with E-state index in [1.807, 2.05) is 13.8 Å². The molecule has 0 radical (unpaired) electrons. The van der Waals surface area contributed by atoms with Crippen molar-refractivity contribution in [1.82, 2.24) is 5.16 Å². The summed E-state index contributed by atoms with van der Waals surface area (Å²) in [6.45, 7) is 8.77. The Balaban J connectivity index is 0.000000704. The standard InChI is InChI=1S/C15H23NO2.C2H6/c1-15(2)7-5-10(6-8-15)13-12(9-17)14(18-16-13)11-3-4-11;1-2/h10-11,17H,3-9H2,1-2H3;1-2H3. The van der Waals surface area contributed by atoms with Crippen molar-refractivity contribution >= 4 is 0 Å². The van der Waals surface area contributed by atoms with E-state index in [1.54, 1.807) is 0 Å². The predicted octanol–water partition coefficient (Wildman–Crippen LogP) is 4.75. The molecule has 1 heterocycles. The Kier molecular flexibility index (Phi) is 4.90. The van der Waals surface area contributed by atoms with Gasteiger partial charge in [0.25, 0.3) is 0 Å². The molecule has 2 saturated carbocycles. The van der Waals surface area contributed by atoms with Gasteiger partial charge >= 0.3 is 0 Å². The third kappa shape index (κ3) is 3.25. The molecule has 3 rings (SSSR count). The zero-order valence-corrected chi connectivity index (χ0v) is 13.4. The smallest absolute Gasteiger partial charge is 0.145 e. The van der Waals surface area contributed by atoms with Crippen molar-refractivity contribution in [2.45, 2.75) is 84.7 Å². The molecule has 3 nitrogen and oxygen atoms in total. The van der Waals surface area contributed by atoms with Crippen LogP contribution in [0.25, 0.3) is 0 Å². The lowest BCUT2D eigenvalue weighted by atomic mass is 9.72. The van der Waals surface area contributed by atoms with Crippen molar-refractivity contribution in [3.8, 4) is 0 Å². The highest BCUT2D eigenvalue weighted by atomic mass is 16.5. The van der Waals surface area contributed by atoms with Crippen LogP contribution in [-0.4, -0.2) is 10.3 Å². The van der Waals surface area contributed by atoms with E-state index < -0.39 is 0 Å². The van der Waals surface area contributed by atoms with Crippen LogP contribution in [-0.2, 0) is 6.61 Å². The van der Waals surface area contributed by atoms with Crippen LogP contribution in [0.1, 0.15) is 95.1 Å². The summed E-state index contributed by atoms with van der Waals surface area (Å²) >= 11 is 0. The van der Waals surface area contributed by atoms with Crippen LogP contribution in [0.5, 0.6) is 0 Å². The molecule has 0 spiro atoms. The largest absolute Gasteiger partial charge is 0.391 e. The molecule has 2 aliphatic rings. The lowest BCUT2D eigenvalue weighted by Gasteiger charge is -2.33. The van der Waals surface area contributed by atoms with Gasteiger partial charge in [0, 0.05) is 17.4 Å². The van der Waals surface area contributed by atoms with Crippen LogP contribution in [0.4, 0.5) is 0 Å². The van der Waals surface area contributed by atoms with Crippen molar-refractivity contribution in [3.05, 3.63) is 17.0 Å². The second-order valence-electron chi connectivity index (χ2n) is 6.78. The first-order valence-electron chi connectivity index (χ1n) is 8.20. The van der Waals surface area contributed by atoms with Gasteiger partial charge in [-0.2, -0.15) is 0 Å². The van der Waals surface area contributed by atoms with Crippen molar-refractivity contribution < 1.29 is 9.63 Å². The van der Waals surface area contributed by atoms with Crippen LogP contribution >= 0.6 is 0 Å². The summed E-state index contributed by atoms with van der Waals surface area (Å²) in [5, 5.41) is 13.9. The molecule has 0 unspecified atom stereocenters. The normalized spacial score (nSPS) is 22.2. The van der Waals surface area contributed by atoms with Gasteiger partial charge in [0.1, 0.15) is 5.76 Å². The molecule has 0 saturated heterocycles. The SMILES string of the molecule is CC.CC1(C)CCC(c2noc(C3CC3)c2CO)CC1. The highest BCUT2D eigenvalue weighted by Gasteiger charge is 2.35. The third-order valence-electron chi connectivity index (χ3n) is 4.68. The molecule has 3 heteroatoms. The average Bonchev–Trinajstić information content (AvgIpc) is 3.21. The van der Waals surface area contributed by atoms with Crippen molar-refractivity contribution in [1.29, 1.82) is 0 Å². The van der Waals surface area contributed by atoms with Crippen LogP contribution < -0.4 is 0 Å². The van der Waals surface area contributed by atoms with Gasteiger partial charge in [-0.05, 0) is 43.9 Å². The Labute approximate surface area is 122 Å². The molecule has 114 valence electrons. The zero-order chi connectivity index (χ0) is 14.8. The summed E-state index contributed by atoms with van der Waals surface area (Å²) in [5.74, 6) is 2.00. The average molecular weight is 279 g/mol. The highest BCUT2D eigenvalue weighted by molar-refractivity contribution is 5.30. The minimum Gasteiger partial charge on any atom is -0.391 e. The van der Waals surface area contributed by atoms with Gasteiger partial charge in [0.2, 0.25) is 0 Å². The number of hydrogen-bond donors (Lipinski definition) is 1. The summed E-state index contributed by atoms with van der Waals surface area (Å²) in [7, 11) is 0. The van der Waals surface area contributed by atoms with Crippen LogP contribution in [0.3, 0.4) is 0 Å². The number of aliphatic hydroxyl groups excluding tert-OH is 1. The lowest BCUT2D eigenvalue weighted by Crippen LogP contribution is -2.21. The van der Waals surface area contributed by atoms with Crippen molar-refractivity contribution in [2.24, 2.45) is 5.41 Å². The van der Waals surface area contributed by atoms with E-state index in [0.29, 0.717) is 17.3 Å². The van der Waals surface area contributed by atoms with E-state index in [4.69, 9.17) is 4.52 Å². The maximum atomic E-state index is 9.60. The van der Waals surface area contributed by atoms with Crippen molar-refractivity contribution in [2.75, 3.05) is 0 Å². The van der Waals surface area contributed by atoms with E-state index in [-0.39, 0.29) is 6.61 Å². The molecule has 0 aliphatic heterocycles. The fraction of sp³-hybridized carbons (Fsp3) is 0.824. The second kappa shape index (κ2) is 6.30. The maximum Gasteiger partial charge on any atom is 0.145 e. The maximum absolute atomic E-state index is 9.60. The molecule has 2 fully saturated rings. The zero-order valence-electron chi connectivity index (χ0n) is 13.4. The quantitative estimate of drug-likeness (QED) is 0.868. The molecular formula is C17H29NO2. The van der Waals surface area contributed by atoms with E-state index >= 15 is 0 Å². The third-order valence-corrected chi connectivity index (χ3v) is 4.68. The van der Waals surface area contributed by atoms with Gasteiger partial charge in [-0.15, -0.1) is 0 Å². The first kappa shape index (κ1) is 15.6. The van der Waals surface area contributed by atoms with E-state index in [9.17, 15) is 5.11 Å². The van der Waals surface area contributed by atoms with E-state index in [1.165, 1.54) is 38.5 Å². The first-order valence-corrected chi connectivity index (χ1v) is 8.20. The fourth-order valence-corrected chi connectivity index (χ4v) is 3.15. The van der Waals surface area contributed by atoms with Crippen LogP contribution in [0, 0.1) is 5.41 Å². The summed E-state index contributed by atoms with van der Waals surface area (Å²) in [4.78, 5) is 0. The Hall–Kier alpha value is -0.830. The molecule has 0 bridgehead atoms. The Morgan fingerprint density at radius 2 is 1.70 bits per heavy atom. The highest BCUT2D eigenvalue weighted by Crippen LogP contribution is 2.47. The minimum atomic E-state index is 0.0879. The predicted molar refractivity (Wildman–Crippen MR) is 80.7 cm³/mol. The summed E-state index contributed by atoms with van der Waals surface area (Å²) in [6, 6.07) is 0. The second-order valence-corrected chi connectivity index (χ2v) is 6.78. The monoisotopic (exact) mass is 279 g/mol. The Morgan fingerprint density at radius 3 is 2.20 bits per heavy atom. The fourth-order valence-electron chi connectivity index (χ4n) is 3.15. The molecule has 0 amide bonds. The minimum absolute atomic E-state index is 0.0879. The van der Waals surface area contributed by atoms with Gasteiger partial charge in [-0.3, -0.25) is 0 Å². The summed E-state index contributed by atoms with van der Waals surface area (Å²) in [5.41, 5.74) is 2.52. The number of hydrogen-bond acceptors (Lipinski definition) is 3. The molecule has 0 aromatic carbocycles. The van der Waals surface area contributed by atoms with Gasteiger partial charge in [0.05, 0.1) is 12.3 Å². The molecule has 1 aromatic rings. The summed E-state index contributed by atoms with van der Waals surface area (Å²) in [6.07, 6.45) is 7.23. The van der Waals surface area contributed by atoms with Crippen molar-refractivity contribution in [3.63, 3.8) is 0 Å². The topological polar surface area (TPSA) is 46.3 Å². The van der Waals surface area contributed by atoms with E-state index in [0.717, 1.165) is 17.0 Å². The molecule has 2 aliphatic carbocycles. The van der Waals surface area contributed by atoms with Gasteiger partial charge in [0.15, 0.2) is 0 Å².